The summed E-state index contributed by atoms with van der Waals surface area (Å²) in [5.41, 5.74) is 1.15. The van der Waals surface area contributed by atoms with Crippen LogP contribution in [0.1, 0.15) is 24.9 Å². The van der Waals surface area contributed by atoms with Crippen LogP contribution in [0.2, 0.25) is 0 Å². The zero-order valence-corrected chi connectivity index (χ0v) is 12.5. The largest absolute Gasteiger partial charge is 0.372 e. The first-order valence-electron chi connectivity index (χ1n) is 5.46. The summed E-state index contributed by atoms with van der Waals surface area (Å²) in [6.07, 6.45) is 2.12. The molecule has 1 N–H and O–H groups in total. The van der Waals surface area contributed by atoms with Gasteiger partial charge >= 0.3 is 0 Å². The Morgan fingerprint density at radius 3 is 2.50 bits per heavy atom. The van der Waals surface area contributed by atoms with E-state index < -0.39 is 0 Å². The molecule has 0 spiro atoms. The Kier molecular flexibility index (Phi) is 5.40. The lowest BCUT2D eigenvalue weighted by atomic mass is 10.2. The molecule has 0 aliphatic rings. The number of hydrogen-bond acceptors (Lipinski definition) is 4. The van der Waals surface area contributed by atoms with E-state index in [-0.39, 0.29) is 0 Å². The minimum Gasteiger partial charge on any atom is -0.372 e. The molecule has 0 radical (unpaired) electrons. The Balaban J connectivity index is 3.07. The molecule has 5 heteroatoms. The zero-order chi connectivity index (χ0) is 12.1. The maximum atomic E-state index is 4.61. The second-order valence-corrected chi connectivity index (χ2v) is 5.07. The molecule has 0 saturated carbocycles. The summed E-state index contributed by atoms with van der Waals surface area (Å²) in [5.74, 6) is 1.83. The van der Waals surface area contributed by atoms with Crippen LogP contribution in [0.3, 0.4) is 0 Å². The van der Waals surface area contributed by atoms with E-state index in [1.165, 1.54) is 0 Å². The summed E-state index contributed by atoms with van der Waals surface area (Å²) in [4.78, 5) is 11.2. The number of aromatic nitrogens is 2. The van der Waals surface area contributed by atoms with Gasteiger partial charge in [0.15, 0.2) is 0 Å². The van der Waals surface area contributed by atoms with Crippen molar-refractivity contribution in [3.63, 3.8) is 0 Å². The van der Waals surface area contributed by atoms with Crippen molar-refractivity contribution in [3.05, 3.63) is 15.1 Å². The van der Waals surface area contributed by atoms with E-state index in [1.807, 2.05) is 21.1 Å². The van der Waals surface area contributed by atoms with Crippen molar-refractivity contribution in [2.24, 2.45) is 0 Å². The highest BCUT2D eigenvalue weighted by atomic mass is 127. The Labute approximate surface area is 111 Å². The molecule has 1 heterocycles. The summed E-state index contributed by atoms with van der Waals surface area (Å²) in [6, 6.07) is 0. The number of anilines is 1. The fraction of sp³-hybridized carbons (Fsp3) is 0.636. The van der Waals surface area contributed by atoms with E-state index in [1.54, 1.807) is 0 Å². The number of nitrogens with zero attached hydrogens (tertiary/aromatic N) is 3. The van der Waals surface area contributed by atoms with Crippen LogP contribution in [0, 0.1) is 3.57 Å². The van der Waals surface area contributed by atoms with Gasteiger partial charge in [0.05, 0.1) is 15.8 Å². The molecule has 1 aromatic heterocycles. The quantitative estimate of drug-likeness (QED) is 0.838. The van der Waals surface area contributed by atoms with Crippen molar-refractivity contribution in [1.82, 2.24) is 14.9 Å². The zero-order valence-electron chi connectivity index (χ0n) is 10.3. The van der Waals surface area contributed by atoms with Crippen molar-refractivity contribution in [3.8, 4) is 0 Å². The van der Waals surface area contributed by atoms with Crippen molar-refractivity contribution in [1.29, 1.82) is 0 Å². The number of hydrogen-bond donors (Lipinski definition) is 1. The fourth-order valence-electron chi connectivity index (χ4n) is 1.47. The normalized spacial score (nSPS) is 10.9. The van der Waals surface area contributed by atoms with E-state index >= 15 is 0 Å². The molecule has 0 atom stereocenters. The molecule has 0 saturated heterocycles. The summed E-state index contributed by atoms with van der Waals surface area (Å²) >= 11 is 2.31. The third kappa shape index (κ3) is 3.55. The lowest BCUT2D eigenvalue weighted by molar-refractivity contribution is 0.389. The predicted octanol–water partition coefficient (Wildman–Crippen LogP) is 2.14. The summed E-state index contributed by atoms with van der Waals surface area (Å²) in [5, 5.41) is 3.13. The molecule has 0 aromatic carbocycles. The molecular formula is C11H19IN4. The average Bonchev–Trinajstić information content (AvgIpc) is 2.22. The maximum absolute atomic E-state index is 4.61. The molecule has 4 nitrogen and oxygen atoms in total. The average molecular weight is 334 g/mol. The van der Waals surface area contributed by atoms with Gasteiger partial charge in [-0.2, -0.15) is 0 Å². The van der Waals surface area contributed by atoms with Gasteiger partial charge in [-0.15, -0.1) is 0 Å². The third-order valence-corrected chi connectivity index (χ3v) is 3.28. The van der Waals surface area contributed by atoms with Gasteiger partial charge in [0.25, 0.3) is 0 Å². The lowest BCUT2D eigenvalue weighted by Gasteiger charge is -2.13. The van der Waals surface area contributed by atoms with Gasteiger partial charge in [-0.25, -0.2) is 9.97 Å². The Hall–Kier alpha value is -0.430. The first-order valence-corrected chi connectivity index (χ1v) is 6.54. The number of halogens is 1. The Morgan fingerprint density at radius 2 is 2.00 bits per heavy atom. The standard InChI is InChI=1S/C11H19IN4/c1-5-6-8-10(12)11(13-2)15-9(14-8)7-16(3)4/h5-7H2,1-4H3,(H,13,14,15). The van der Waals surface area contributed by atoms with Gasteiger partial charge in [-0.3, -0.25) is 0 Å². The van der Waals surface area contributed by atoms with Crippen molar-refractivity contribution in [2.45, 2.75) is 26.3 Å². The highest BCUT2D eigenvalue weighted by Gasteiger charge is 2.10. The van der Waals surface area contributed by atoms with Crippen molar-refractivity contribution in [2.75, 3.05) is 26.5 Å². The van der Waals surface area contributed by atoms with Crippen LogP contribution in [0.25, 0.3) is 0 Å². The van der Waals surface area contributed by atoms with Gasteiger partial charge in [-0.05, 0) is 43.1 Å². The van der Waals surface area contributed by atoms with E-state index in [4.69, 9.17) is 0 Å². The van der Waals surface area contributed by atoms with Gasteiger partial charge < -0.3 is 10.2 Å². The molecule has 0 amide bonds. The molecule has 0 aliphatic heterocycles. The van der Waals surface area contributed by atoms with E-state index in [9.17, 15) is 0 Å². The molecular weight excluding hydrogens is 315 g/mol. The smallest absolute Gasteiger partial charge is 0.145 e. The summed E-state index contributed by atoms with van der Waals surface area (Å²) in [7, 11) is 5.96. The monoisotopic (exact) mass is 334 g/mol. The minimum atomic E-state index is 0.780. The summed E-state index contributed by atoms with van der Waals surface area (Å²) < 4.78 is 1.14. The number of rotatable bonds is 5. The van der Waals surface area contributed by atoms with Crippen LogP contribution in [-0.4, -0.2) is 36.0 Å². The first kappa shape index (κ1) is 13.6. The van der Waals surface area contributed by atoms with Gasteiger partial charge in [0.1, 0.15) is 11.6 Å². The fourth-order valence-corrected chi connectivity index (χ4v) is 2.25. The first-order chi connectivity index (χ1) is 7.58. The highest BCUT2D eigenvalue weighted by Crippen LogP contribution is 2.20. The van der Waals surface area contributed by atoms with E-state index in [0.717, 1.165) is 40.3 Å². The van der Waals surface area contributed by atoms with Crippen LogP contribution < -0.4 is 5.32 Å². The van der Waals surface area contributed by atoms with Gasteiger partial charge in [-0.1, -0.05) is 13.3 Å². The molecule has 0 fully saturated rings. The van der Waals surface area contributed by atoms with Crippen LogP contribution >= 0.6 is 22.6 Å². The molecule has 0 bridgehead atoms. The van der Waals surface area contributed by atoms with Crippen molar-refractivity contribution >= 4 is 28.4 Å². The van der Waals surface area contributed by atoms with Gasteiger partial charge in [0.2, 0.25) is 0 Å². The molecule has 1 aromatic rings. The Morgan fingerprint density at radius 1 is 1.31 bits per heavy atom. The number of nitrogens with one attached hydrogen (secondary N) is 1. The number of aryl methyl sites for hydroxylation is 1. The molecule has 16 heavy (non-hydrogen) atoms. The molecule has 90 valence electrons. The van der Waals surface area contributed by atoms with Crippen molar-refractivity contribution < 1.29 is 0 Å². The summed E-state index contributed by atoms with van der Waals surface area (Å²) in [6.45, 7) is 2.95. The van der Waals surface area contributed by atoms with Crippen LogP contribution in [0.4, 0.5) is 5.82 Å². The second-order valence-electron chi connectivity index (χ2n) is 3.99. The highest BCUT2D eigenvalue weighted by molar-refractivity contribution is 14.1. The van der Waals surface area contributed by atoms with Crippen LogP contribution in [0.15, 0.2) is 0 Å². The maximum Gasteiger partial charge on any atom is 0.145 e. The Bertz CT molecular complexity index is 352. The van der Waals surface area contributed by atoms with Crippen LogP contribution in [-0.2, 0) is 13.0 Å². The SMILES string of the molecule is CCCc1nc(CN(C)C)nc(NC)c1I. The minimum absolute atomic E-state index is 0.780. The second kappa shape index (κ2) is 6.34. The predicted molar refractivity (Wildman–Crippen MR) is 75.7 cm³/mol. The lowest BCUT2D eigenvalue weighted by Crippen LogP contribution is -2.16. The van der Waals surface area contributed by atoms with Crippen LogP contribution in [0.5, 0.6) is 0 Å². The topological polar surface area (TPSA) is 41.1 Å². The van der Waals surface area contributed by atoms with E-state index in [0.29, 0.717) is 0 Å². The third-order valence-electron chi connectivity index (χ3n) is 2.15. The molecule has 1 rings (SSSR count). The van der Waals surface area contributed by atoms with Gasteiger partial charge in [0, 0.05) is 7.05 Å². The molecule has 0 aliphatic carbocycles. The van der Waals surface area contributed by atoms with E-state index in [2.05, 4.69) is 49.7 Å². The molecule has 0 unspecified atom stereocenters.